The van der Waals surface area contributed by atoms with Gasteiger partial charge in [-0.3, -0.25) is 0 Å². The highest BCUT2D eigenvalue weighted by Gasteiger charge is 1.98. The normalized spacial score (nSPS) is 13.0. The summed E-state index contributed by atoms with van der Waals surface area (Å²) < 4.78 is 1.28. The van der Waals surface area contributed by atoms with Crippen molar-refractivity contribution in [3.8, 4) is 0 Å². The molecule has 0 saturated heterocycles. The minimum absolute atomic E-state index is 0.946. The second-order valence-corrected chi connectivity index (χ2v) is 7.56. The van der Waals surface area contributed by atoms with E-state index in [2.05, 4.69) is 114 Å². The summed E-state index contributed by atoms with van der Waals surface area (Å²) in [6, 6.07) is 26.4. The number of benzene rings is 4. The summed E-state index contributed by atoms with van der Waals surface area (Å²) in [5.74, 6) is 0. The molecule has 0 radical (unpaired) electrons. The molecule has 0 unspecified atom stereocenters. The summed E-state index contributed by atoms with van der Waals surface area (Å²) in [6.45, 7) is 2.12. The first-order valence-corrected chi connectivity index (χ1v) is 9.65. The topological polar surface area (TPSA) is 0 Å². The quantitative estimate of drug-likeness (QED) is 0.370. The Kier molecular flexibility index (Phi) is 4.58. The maximum Gasteiger partial charge on any atom is 0.0136 e. The molecular weight excluding hydrogens is 415 g/mol. The lowest BCUT2D eigenvalue weighted by molar-refractivity contribution is 1.33. The third-order valence-corrected chi connectivity index (χ3v) is 5.39. The Morgan fingerprint density at radius 2 is 1.56 bits per heavy atom. The van der Waals surface area contributed by atoms with Crippen molar-refractivity contribution < 1.29 is 0 Å². The number of halogens is 1. The highest BCUT2D eigenvalue weighted by atomic mass is 127. The largest absolute Gasteiger partial charge is 0.0792 e. The highest BCUT2D eigenvalue weighted by molar-refractivity contribution is 14.1. The van der Waals surface area contributed by atoms with Crippen LogP contribution in [-0.4, -0.2) is 0 Å². The highest BCUT2D eigenvalue weighted by Crippen LogP contribution is 2.19. The van der Waals surface area contributed by atoms with Crippen molar-refractivity contribution in [3.05, 3.63) is 92.4 Å². The number of rotatable bonds is 2. The first-order valence-electron chi connectivity index (χ1n) is 8.57. The molecule has 0 aliphatic heterocycles. The van der Waals surface area contributed by atoms with E-state index in [1.54, 1.807) is 0 Å². The summed E-state index contributed by atoms with van der Waals surface area (Å²) in [5.41, 5.74) is 1.35. The average molecular weight is 434 g/mol. The van der Waals surface area contributed by atoms with Crippen LogP contribution < -0.4 is 10.4 Å². The standard InChI is InChI=1S/C24H19I/c1-2-23-19(12-11-18-5-3-4-6-24(18)23)9-7-17-8-10-21-16-22(25)14-13-20(21)15-17/h2-6,8-16H,7H2,1H3/b19-9-,23-2+. The molecule has 25 heavy (non-hydrogen) atoms. The molecule has 0 saturated carbocycles. The lowest BCUT2D eigenvalue weighted by Crippen LogP contribution is -2.25. The fourth-order valence-corrected chi connectivity index (χ4v) is 3.95. The van der Waals surface area contributed by atoms with Crippen LogP contribution in [0.4, 0.5) is 0 Å². The fraction of sp³-hybridized carbons (Fsp3) is 0.0833. The van der Waals surface area contributed by atoms with Crippen LogP contribution in [-0.2, 0) is 6.42 Å². The van der Waals surface area contributed by atoms with E-state index in [4.69, 9.17) is 0 Å². The van der Waals surface area contributed by atoms with E-state index < -0.39 is 0 Å². The molecule has 0 bridgehead atoms. The molecule has 0 aromatic heterocycles. The van der Waals surface area contributed by atoms with Gasteiger partial charge in [-0.25, -0.2) is 0 Å². The minimum atomic E-state index is 0.946. The molecule has 4 aromatic carbocycles. The van der Waals surface area contributed by atoms with Crippen molar-refractivity contribution in [2.24, 2.45) is 0 Å². The second kappa shape index (κ2) is 7.01. The summed E-state index contributed by atoms with van der Waals surface area (Å²) in [5, 5.41) is 7.88. The third kappa shape index (κ3) is 3.34. The Bertz CT molecular complexity index is 1190. The van der Waals surface area contributed by atoms with Crippen LogP contribution in [0.25, 0.3) is 33.7 Å². The van der Waals surface area contributed by atoms with Gasteiger partial charge >= 0.3 is 0 Å². The zero-order valence-electron chi connectivity index (χ0n) is 14.2. The summed E-state index contributed by atoms with van der Waals surface area (Å²) in [7, 11) is 0. The SMILES string of the molecule is C/C=c1\c(=C/Cc2ccc3cc(I)ccc3c2)ccc2ccccc12. The Balaban J connectivity index is 1.77. The molecule has 0 nitrogen and oxygen atoms in total. The van der Waals surface area contributed by atoms with Crippen molar-refractivity contribution in [2.75, 3.05) is 0 Å². The zero-order valence-corrected chi connectivity index (χ0v) is 16.3. The van der Waals surface area contributed by atoms with Gasteiger partial charge in [-0.1, -0.05) is 72.8 Å². The maximum atomic E-state index is 2.37. The Labute approximate surface area is 161 Å². The molecular formula is C24H19I. The lowest BCUT2D eigenvalue weighted by Gasteiger charge is -2.03. The van der Waals surface area contributed by atoms with E-state index in [0.717, 1.165) is 6.42 Å². The molecule has 0 spiro atoms. The van der Waals surface area contributed by atoms with Gasteiger partial charge in [0.2, 0.25) is 0 Å². The van der Waals surface area contributed by atoms with Gasteiger partial charge in [-0.2, -0.15) is 0 Å². The van der Waals surface area contributed by atoms with E-state index in [9.17, 15) is 0 Å². The van der Waals surface area contributed by atoms with E-state index in [0.29, 0.717) is 0 Å². The average Bonchev–Trinajstić information content (AvgIpc) is 2.65. The Morgan fingerprint density at radius 1 is 0.800 bits per heavy atom. The number of hydrogen-bond acceptors (Lipinski definition) is 0. The molecule has 0 N–H and O–H groups in total. The van der Waals surface area contributed by atoms with Crippen molar-refractivity contribution in [1.29, 1.82) is 0 Å². The molecule has 122 valence electrons. The van der Waals surface area contributed by atoms with Gasteiger partial charge in [-0.05, 0) is 85.6 Å². The summed E-state index contributed by atoms with van der Waals surface area (Å²) >= 11 is 2.37. The van der Waals surface area contributed by atoms with Gasteiger partial charge in [0.25, 0.3) is 0 Å². The van der Waals surface area contributed by atoms with Crippen molar-refractivity contribution in [3.63, 3.8) is 0 Å². The lowest BCUT2D eigenvalue weighted by atomic mass is 10.0. The van der Waals surface area contributed by atoms with Crippen LogP contribution in [0, 0.1) is 3.57 Å². The van der Waals surface area contributed by atoms with Gasteiger partial charge in [-0.15, -0.1) is 0 Å². The zero-order chi connectivity index (χ0) is 17.2. The molecule has 4 aromatic rings. The Hall–Kier alpha value is -2.13. The van der Waals surface area contributed by atoms with Crippen molar-refractivity contribution in [2.45, 2.75) is 13.3 Å². The molecule has 0 heterocycles. The van der Waals surface area contributed by atoms with Crippen LogP contribution in [0.15, 0.2) is 72.8 Å². The smallest absolute Gasteiger partial charge is 0.0136 e. The Morgan fingerprint density at radius 3 is 2.44 bits per heavy atom. The van der Waals surface area contributed by atoms with Crippen LogP contribution in [0.1, 0.15) is 12.5 Å². The molecule has 0 aliphatic carbocycles. The van der Waals surface area contributed by atoms with Gasteiger partial charge in [0.1, 0.15) is 0 Å². The van der Waals surface area contributed by atoms with E-state index in [-0.39, 0.29) is 0 Å². The van der Waals surface area contributed by atoms with Crippen molar-refractivity contribution >= 4 is 56.3 Å². The number of hydrogen-bond donors (Lipinski definition) is 0. The number of fused-ring (bicyclic) bond motifs is 2. The van der Waals surface area contributed by atoms with Crippen molar-refractivity contribution in [1.82, 2.24) is 0 Å². The molecule has 0 amide bonds. The fourth-order valence-electron chi connectivity index (χ4n) is 3.43. The molecule has 0 atom stereocenters. The first-order chi connectivity index (χ1) is 12.2. The molecule has 4 rings (SSSR count). The predicted molar refractivity (Wildman–Crippen MR) is 118 cm³/mol. The third-order valence-electron chi connectivity index (χ3n) is 4.72. The van der Waals surface area contributed by atoms with Gasteiger partial charge in [0, 0.05) is 3.57 Å². The van der Waals surface area contributed by atoms with Gasteiger partial charge in [0.05, 0.1) is 0 Å². The molecule has 0 fully saturated rings. The second-order valence-electron chi connectivity index (χ2n) is 6.31. The van der Waals surface area contributed by atoms with E-state index in [1.807, 2.05) is 0 Å². The van der Waals surface area contributed by atoms with Crippen LogP contribution >= 0.6 is 22.6 Å². The van der Waals surface area contributed by atoms with Crippen LogP contribution in [0.5, 0.6) is 0 Å². The minimum Gasteiger partial charge on any atom is -0.0792 e. The van der Waals surface area contributed by atoms with E-state index in [1.165, 1.54) is 41.1 Å². The molecule has 1 heteroatoms. The van der Waals surface area contributed by atoms with Gasteiger partial charge < -0.3 is 0 Å². The van der Waals surface area contributed by atoms with Gasteiger partial charge in [0.15, 0.2) is 0 Å². The molecule has 0 aliphatic rings. The van der Waals surface area contributed by atoms with Crippen LogP contribution in [0.2, 0.25) is 0 Å². The summed E-state index contributed by atoms with van der Waals surface area (Å²) in [6.07, 6.45) is 5.51. The monoisotopic (exact) mass is 434 g/mol. The van der Waals surface area contributed by atoms with E-state index >= 15 is 0 Å². The summed E-state index contributed by atoms with van der Waals surface area (Å²) in [4.78, 5) is 0. The predicted octanol–water partition coefficient (Wildman–Crippen LogP) is 5.42. The van der Waals surface area contributed by atoms with Crippen LogP contribution in [0.3, 0.4) is 0 Å². The maximum absolute atomic E-state index is 2.37. The first kappa shape index (κ1) is 16.3.